The van der Waals surface area contributed by atoms with Gasteiger partial charge in [0.05, 0.1) is 0 Å². The molecule has 4 heteroatoms. The van der Waals surface area contributed by atoms with Crippen molar-refractivity contribution < 1.29 is 15.2 Å². The number of rotatable bonds is 1. The van der Waals surface area contributed by atoms with Crippen LogP contribution in [-0.2, 0) is 15.2 Å². The van der Waals surface area contributed by atoms with Crippen molar-refractivity contribution >= 4 is 45.4 Å². The summed E-state index contributed by atoms with van der Waals surface area (Å²) < 4.78 is 1.58. The standard InChI is InChI=1S/C4H3S.2BrH.Zn/c1-2-4-5-3-1;;;/h1-3H;2*1H;/q;;;+1/p-1. The van der Waals surface area contributed by atoms with Crippen LogP contribution in [0.5, 0.6) is 0 Å². The van der Waals surface area contributed by atoms with E-state index in [1.165, 1.54) is 0 Å². The van der Waals surface area contributed by atoms with Gasteiger partial charge >= 0.3 is 61.1 Å². The van der Waals surface area contributed by atoms with Crippen LogP contribution in [0.15, 0.2) is 17.5 Å². The summed E-state index contributed by atoms with van der Waals surface area (Å²) in [6.45, 7) is 0. The summed E-state index contributed by atoms with van der Waals surface area (Å²) in [4.78, 5) is 0. The number of thiophene rings is 1. The average Bonchev–Trinajstić information content (AvgIpc) is 2.14. The van der Waals surface area contributed by atoms with E-state index in [1.807, 2.05) is 11.3 Å². The van der Waals surface area contributed by atoms with Crippen LogP contribution in [0.2, 0.25) is 0 Å². The summed E-state index contributed by atoms with van der Waals surface area (Å²) in [6.07, 6.45) is 0. The predicted octanol–water partition coefficient (Wildman–Crippen LogP) is 2.34. The first-order valence-electron chi connectivity index (χ1n) is 2.02. The van der Waals surface area contributed by atoms with Crippen LogP contribution in [-0.4, -0.2) is 0 Å². The minimum absolute atomic E-state index is 0. The molecule has 0 aliphatic rings. The van der Waals surface area contributed by atoms with Crippen LogP contribution in [0.4, 0.5) is 0 Å². The van der Waals surface area contributed by atoms with Gasteiger partial charge in [0.15, 0.2) is 0 Å². The normalized spacial score (nSPS) is 7.12. The molecule has 0 amide bonds. The van der Waals surface area contributed by atoms with Crippen molar-refractivity contribution in [2.45, 2.75) is 0 Å². The molecule has 8 heavy (non-hydrogen) atoms. The molecule has 1 aromatic heterocycles. The third-order valence-electron chi connectivity index (χ3n) is 0.712. The molecule has 1 heterocycles. The summed E-state index contributed by atoms with van der Waals surface area (Å²) >= 11 is 5.00. The van der Waals surface area contributed by atoms with E-state index >= 15 is 0 Å². The zero-order chi connectivity index (χ0) is 5.11. The molecule has 1 aromatic rings. The van der Waals surface area contributed by atoms with E-state index in [2.05, 4.69) is 31.1 Å². The molecule has 0 spiro atoms. The van der Waals surface area contributed by atoms with Crippen molar-refractivity contribution in [3.8, 4) is 0 Å². The molecule has 0 N–H and O–H groups in total. The zero-order valence-electron chi connectivity index (χ0n) is 4.13. The van der Waals surface area contributed by atoms with Crippen LogP contribution in [0, 0.1) is 0 Å². The molecule has 0 radical (unpaired) electrons. The van der Waals surface area contributed by atoms with Crippen molar-refractivity contribution in [3.63, 3.8) is 0 Å². The van der Waals surface area contributed by atoms with E-state index in [1.54, 1.807) is 3.47 Å². The van der Waals surface area contributed by atoms with Gasteiger partial charge in [0.2, 0.25) is 0 Å². The first-order valence-corrected chi connectivity index (χ1v) is 11.3. The third kappa shape index (κ3) is 2.72. The van der Waals surface area contributed by atoms with Crippen LogP contribution >= 0.6 is 41.9 Å². The molecular weight excluding hydrogens is 305 g/mol. The molecule has 0 bridgehead atoms. The molecular formula is C4H4Br2SZn. The minimum atomic E-state index is -0.395. The van der Waals surface area contributed by atoms with E-state index < -0.39 is 15.2 Å². The third-order valence-corrected chi connectivity index (χ3v) is 9.36. The monoisotopic (exact) mass is 306 g/mol. The molecule has 0 saturated carbocycles. The quantitative estimate of drug-likeness (QED) is 0.699. The second kappa shape index (κ2) is 5.10. The molecule has 0 aromatic carbocycles. The SMILES string of the molecule is Br.[Br][Zn][c]1cccs1. The average molecular weight is 309 g/mol. The van der Waals surface area contributed by atoms with E-state index in [0.717, 1.165) is 0 Å². The van der Waals surface area contributed by atoms with Crippen molar-refractivity contribution in [3.05, 3.63) is 17.5 Å². The molecule has 42 valence electrons. The van der Waals surface area contributed by atoms with Gasteiger partial charge in [-0.25, -0.2) is 0 Å². The maximum atomic E-state index is 3.53. The Morgan fingerprint density at radius 1 is 1.62 bits per heavy atom. The van der Waals surface area contributed by atoms with Gasteiger partial charge in [0, 0.05) is 0 Å². The Labute approximate surface area is 77.4 Å². The Bertz CT molecular complexity index is 129. The van der Waals surface area contributed by atoms with Crippen molar-refractivity contribution in [2.75, 3.05) is 0 Å². The van der Waals surface area contributed by atoms with E-state index in [9.17, 15) is 0 Å². The first kappa shape index (κ1) is 9.28. The van der Waals surface area contributed by atoms with Gasteiger partial charge in [-0.15, -0.1) is 17.0 Å². The molecule has 0 saturated heterocycles. The van der Waals surface area contributed by atoms with Gasteiger partial charge < -0.3 is 0 Å². The van der Waals surface area contributed by atoms with Crippen molar-refractivity contribution in [1.82, 2.24) is 0 Å². The van der Waals surface area contributed by atoms with Gasteiger partial charge in [-0.2, -0.15) is 0 Å². The van der Waals surface area contributed by atoms with E-state index in [-0.39, 0.29) is 17.0 Å². The van der Waals surface area contributed by atoms with E-state index in [4.69, 9.17) is 0 Å². The Kier molecular flexibility index (Phi) is 5.92. The second-order valence-corrected chi connectivity index (χ2v) is 8.39. The molecule has 0 aliphatic carbocycles. The molecule has 1 rings (SSSR count). The molecule has 0 fully saturated rings. The van der Waals surface area contributed by atoms with Crippen molar-refractivity contribution in [1.29, 1.82) is 0 Å². The van der Waals surface area contributed by atoms with Crippen LogP contribution in [0.3, 0.4) is 0 Å². The summed E-state index contributed by atoms with van der Waals surface area (Å²) in [5.74, 6) is 0. The number of hydrogen-bond donors (Lipinski definition) is 0. The van der Waals surface area contributed by atoms with Crippen LogP contribution < -0.4 is 3.47 Å². The maximum absolute atomic E-state index is 3.53. The summed E-state index contributed by atoms with van der Waals surface area (Å²) in [6, 6.07) is 4.30. The zero-order valence-corrected chi connectivity index (χ0v) is 11.2. The number of hydrogen-bond acceptors (Lipinski definition) is 1. The van der Waals surface area contributed by atoms with Gasteiger partial charge in [-0.1, -0.05) is 0 Å². The Balaban J connectivity index is 0.000000490. The summed E-state index contributed by atoms with van der Waals surface area (Å²) in [5.41, 5.74) is 0. The second-order valence-electron chi connectivity index (χ2n) is 1.21. The molecule has 0 atom stereocenters. The van der Waals surface area contributed by atoms with E-state index in [0.29, 0.717) is 0 Å². The Morgan fingerprint density at radius 3 is 2.62 bits per heavy atom. The summed E-state index contributed by atoms with van der Waals surface area (Å²) in [7, 11) is 0. The van der Waals surface area contributed by atoms with Crippen molar-refractivity contribution in [2.24, 2.45) is 0 Å². The van der Waals surface area contributed by atoms with Gasteiger partial charge in [0.25, 0.3) is 0 Å². The molecule has 0 nitrogen and oxygen atoms in total. The summed E-state index contributed by atoms with van der Waals surface area (Å²) in [5, 5.41) is 2.13. The van der Waals surface area contributed by atoms with Crippen LogP contribution in [0.1, 0.15) is 0 Å². The fourth-order valence-electron chi connectivity index (χ4n) is 0.389. The Morgan fingerprint density at radius 2 is 2.38 bits per heavy atom. The predicted molar refractivity (Wildman–Crippen MR) is 43.2 cm³/mol. The fourth-order valence-corrected chi connectivity index (χ4v) is 5.45. The number of halogens is 2. The topological polar surface area (TPSA) is 0 Å². The first-order chi connectivity index (χ1) is 3.43. The Hall–Kier alpha value is 1.28. The van der Waals surface area contributed by atoms with Gasteiger partial charge in [-0.3, -0.25) is 0 Å². The van der Waals surface area contributed by atoms with Crippen LogP contribution in [0.25, 0.3) is 0 Å². The van der Waals surface area contributed by atoms with Gasteiger partial charge in [-0.05, 0) is 0 Å². The molecule has 0 unspecified atom stereocenters. The molecule has 0 aliphatic heterocycles. The van der Waals surface area contributed by atoms with Gasteiger partial charge in [0.1, 0.15) is 0 Å². The fraction of sp³-hybridized carbons (Fsp3) is 0.